The molecule has 122 valence electrons. The van der Waals surface area contributed by atoms with E-state index in [9.17, 15) is 19.5 Å². The molecule has 1 aliphatic rings. The molecule has 0 fully saturated rings. The molecule has 1 unspecified atom stereocenters. The maximum absolute atomic E-state index is 12.6. The summed E-state index contributed by atoms with van der Waals surface area (Å²) in [6, 6.07) is 8.15. The molecule has 6 heteroatoms. The number of aliphatic hydroxyl groups is 1. The van der Waals surface area contributed by atoms with Gasteiger partial charge >= 0.3 is 5.97 Å². The third kappa shape index (κ3) is 2.65. The Labute approximate surface area is 142 Å². The third-order valence-electron chi connectivity index (χ3n) is 4.03. The largest absolute Gasteiger partial charge is 0.507 e. The quantitative estimate of drug-likeness (QED) is 0.682. The molecule has 1 heterocycles. The first kappa shape index (κ1) is 16.1. The van der Waals surface area contributed by atoms with Crippen molar-refractivity contribution in [1.29, 1.82) is 0 Å². The van der Waals surface area contributed by atoms with E-state index < -0.39 is 23.5 Å². The van der Waals surface area contributed by atoms with Crippen molar-refractivity contribution in [3.05, 3.63) is 63.4 Å². The van der Waals surface area contributed by atoms with Crippen LogP contribution in [0.1, 0.15) is 33.8 Å². The maximum Gasteiger partial charge on any atom is 0.306 e. The summed E-state index contributed by atoms with van der Waals surface area (Å²) in [5.41, 5.74) is 1.11. The highest BCUT2D eigenvalue weighted by atomic mass is 32.1. The molecule has 1 aromatic carbocycles. The lowest BCUT2D eigenvalue weighted by molar-refractivity contribution is -0.140. The van der Waals surface area contributed by atoms with Crippen LogP contribution in [0.4, 0.5) is 0 Å². The Hall–Kier alpha value is -2.73. The van der Waals surface area contributed by atoms with E-state index in [1.54, 1.807) is 35.0 Å². The van der Waals surface area contributed by atoms with Crippen LogP contribution in [-0.4, -0.2) is 29.8 Å². The number of thiophene rings is 1. The predicted molar refractivity (Wildman–Crippen MR) is 89.0 cm³/mol. The van der Waals surface area contributed by atoms with Crippen molar-refractivity contribution in [2.75, 3.05) is 7.11 Å². The lowest BCUT2D eigenvalue weighted by atomic mass is 9.79. The maximum atomic E-state index is 12.6. The van der Waals surface area contributed by atoms with Crippen molar-refractivity contribution in [3.8, 4) is 0 Å². The summed E-state index contributed by atoms with van der Waals surface area (Å²) in [7, 11) is 1.25. The lowest BCUT2D eigenvalue weighted by Gasteiger charge is -2.23. The third-order valence-corrected chi connectivity index (χ3v) is 4.73. The van der Waals surface area contributed by atoms with Crippen LogP contribution in [0.5, 0.6) is 0 Å². The highest BCUT2D eigenvalue weighted by Gasteiger charge is 2.38. The molecule has 1 aromatic heterocycles. The number of esters is 1. The number of methoxy groups -OCH3 is 1. The average Bonchev–Trinajstić information content (AvgIpc) is 3.13. The second-order valence-electron chi connectivity index (χ2n) is 5.36. The molecule has 3 rings (SSSR count). The zero-order valence-corrected chi connectivity index (χ0v) is 13.6. The number of hydrogen-bond donors (Lipinski definition) is 1. The molecule has 0 spiro atoms. The van der Waals surface area contributed by atoms with Gasteiger partial charge in [0.25, 0.3) is 0 Å². The van der Waals surface area contributed by atoms with Crippen LogP contribution in [0.25, 0.3) is 5.76 Å². The zero-order valence-electron chi connectivity index (χ0n) is 12.8. The minimum absolute atomic E-state index is 0.0532. The van der Waals surface area contributed by atoms with Gasteiger partial charge in [-0.3, -0.25) is 14.4 Å². The van der Waals surface area contributed by atoms with E-state index in [0.29, 0.717) is 11.1 Å². The van der Waals surface area contributed by atoms with Crippen LogP contribution in [0, 0.1) is 0 Å². The molecule has 0 aliphatic heterocycles. The summed E-state index contributed by atoms with van der Waals surface area (Å²) in [5, 5.41) is 14.2. The number of rotatable bonds is 4. The van der Waals surface area contributed by atoms with E-state index in [2.05, 4.69) is 0 Å². The minimum Gasteiger partial charge on any atom is -0.507 e. The number of hydrogen-bond acceptors (Lipinski definition) is 6. The van der Waals surface area contributed by atoms with Gasteiger partial charge in [0, 0.05) is 17.0 Å². The fraction of sp³-hybridized carbons (Fsp3) is 0.167. The fourth-order valence-electron chi connectivity index (χ4n) is 2.82. The first-order valence-corrected chi connectivity index (χ1v) is 8.19. The molecule has 1 atom stereocenters. The van der Waals surface area contributed by atoms with Gasteiger partial charge in [-0.2, -0.15) is 11.3 Å². The Bertz CT molecular complexity index is 848. The van der Waals surface area contributed by atoms with E-state index in [0.717, 1.165) is 0 Å². The fourth-order valence-corrected chi connectivity index (χ4v) is 3.53. The molecule has 0 amide bonds. The summed E-state index contributed by atoms with van der Waals surface area (Å²) < 4.78 is 4.70. The lowest BCUT2D eigenvalue weighted by Crippen LogP contribution is -2.28. The summed E-state index contributed by atoms with van der Waals surface area (Å²) in [6.07, 6.45) is -0.131. The smallest absolute Gasteiger partial charge is 0.306 e. The first-order chi connectivity index (χ1) is 11.5. The highest BCUT2D eigenvalue weighted by molar-refractivity contribution is 7.08. The van der Waals surface area contributed by atoms with E-state index in [-0.39, 0.29) is 23.3 Å². The van der Waals surface area contributed by atoms with Crippen LogP contribution >= 0.6 is 11.3 Å². The highest BCUT2D eigenvalue weighted by Crippen LogP contribution is 2.38. The first-order valence-electron chi connectivity index (χ1n) is 7.25. The summed E-state index contributed by atoms with van der Waals surface area (Å²) >= 11 is 1.40. The van der Waals surface area contributed by atoms with Crippen LogP contribution in [0.15, 0.2) is 46.7 Å². The minimum atomic E-state index is -0.786. The Kier molecular flexibility index (Phi) is 4.31. The number of benzene rings is 1. The van der Waals surface area contributed by atoms with Gasteiger partial charge in [-0.05, 0) is 22.4 Å². The Balaban J connectivity index is 2.17. The van der Waals surface area contributed by atoms with Crippen LogP contribution < -0.4 is 0 Å². The van der Waals surface area contributed by atoms with Gasteiger partial charge in [-0.1, -0.05) is 24.3 Å². The van der Waals surface area contributed by atoms with Crippen molar-refractivity contribution in [2.24, 2.45) is 0 Å². The van der Waals surface area contributed by atoms with Crippen molar-refractivity contribution < 1.29 is 24.2 Å². The van der Waals surface area contributed by atoms with Crippen molar-refractivity contribution in [1.82, 2.24) is 0 Å². The number of fused-ring (bicyclic) bond motifs is 1. The van der Waals surface area contributed by atoms with Gasteiger partial charge in [0.1, 0.15) is 5.76 Å². The van der Waals surface area contributed by atoms with Crippen LogP contribution in [0.3, 0.4) is 0 Å². The van der Waals surface area contributed by atoms with Gasteiger partial charge in [0.2, 0.25) is 11.6 Å². The van der Waals surface area contributed by atoms with Gasteiger partial charge < -0.3 is 9.84 Å². The van der Waals surface area contributed by atoms with Crippen molar-refractivity contribution >= 4 is 34.6 Å². The number of allylic oxidation sites excluding steroid dienone is 1. The normalized spacial score (nSPS) is 15.2. The molecule has 0 saturated heterocycles. The number of carbonyl (C=O) groups excluding carboxylic acids is 3. The van der Waals surface area contributed by atoms with Gasteiger partial charge in [0.15, 0.2) is 0 Å². The molecule has 0 radical (unpaired) electrons. The molecular formula is C18H14O5S. The van der Waals surface area contributed by atoms with Gasteiger partial charge in [0.05, 0.1) is 19.1 Å². The van der Waals surface area contributed by atoms with E-state index >= 15 is 0 Å². The van der Waals surface area contributed by atoms with Crippen molar-refractivity contribution in [2.45, 2.75) is 12.3 Å². The van der Waals surface area contributed by atoms with Crippen molar-refractivity contribution in [3.63, 3.8) is 0 Å². The SMILES string of the molecule is COC(=O)CC(C1=C(O)c2ccccc2C(=O)C1=O)c1ccsc1. The summed E-state index contributed by atoms with van der Waals surface area (Å²) in [6.45, 7) is 0. The molecule has 24 heavy (non-hydrogen) atoms. The summed E-state index contributed by atoms with van der Waals surface area (Å²) in [5.74, 6) is -2.97. The van der Waals surface area contributed by atoms with Gasteiger partial charge in [-0.25, -0.2) is 0 Å². The molecule has 0 bridgehead atoms. The van der Waals surface area contributed by atoms with Gasteiger partial charge in [-0.15, -0.1) is 0 Å². The molecule has 1 N–H and O–H groups in total. The van der Waals surface area contributed by atoms with Crippen LogP contribution in [0.2, 0.25) is 0 Å². The van der Waals surface area contributed by atoms with Crippen LogP contribution in [-0.2, 0) is 14.3 Å². The number of ketones is 2. The topological polar surface area (TPSA) is 80.7 Å². The standard InChI is InChI=1S/C18H14O5S/c1-23-14(19)8-13(10-6-7-24-9-10)15-16(20)11-4-2-3-5-12(11)17(21)18(15)22/h2-7,9,13,20H,8H2,1H3. The number of Topliss-reactive ketones (excluding diaryl/α,β-unsaturated/α-hetero) is 2. The Morgan fingerprint density at radius 3 is 2.50 bits per heavy atom. The van der Waals surface area contributed by atoms with E-state index in [4.69, 9.17) is 4.74 Å². The number of ether oxygens (including phenoxy) is 1. The second-order valence-corrected chi connectivity index (χ2v) is 6.14. The second kappa shape index (κ2) is 6.41. The average molecular weight is 342 g/mol. The van der Waals surface area contributed by atoms with E-state index in [1.807, 2.05) is 0 Å². The van der Waals surface area contributed by atoms with E-state index in [1.165, 1.54) is 24.5 Å². The number of aliphatic hydroxyl groups excluding tert-OH is 1. The number of carbonyl (C=O) groups is 3. The molecule has 1 aliphatic carbocycles. The predicted octanol–water partition coefficient (Wildman–Crippen LogP) is 3.13. The molecule has 0 saturated carbocycles. The Morgan fingerprint density at radius 2 is 1.88 bits per heavy atom. The Morgan fingerprint density at radius 1 is 1.17 bits per heavy atom. The summed E-state index contributed by atoms with van der Waals surface area (Å²) in [4.78, 5) is 36.8. The molecule has 5 nitrogen and oxygen atoms in total. The molecular weight excluding hydrogens is 328 g/mol. The molecule has 2 aromatic rings. The monoisotopic (exact) mass is 342 g/mol. The zero-order chi connectivity index (χ0) is 17.3.